The Bertz CT molecular complexity index is 657. The Morgan fingerprint density at radius 2 is 1.71 bits per heavy atom. The maximum atomic E-state index is 12.5. The van der Waals surface area contributed by atoms with E-state index in [0.717, 1.165) is 8.61 Å². The summed E-state index contributed by atoms with van der Waals surface area (Å²) in [6, 6.07) is 2.82. The molecular formula is C11H10Cl4N2O3S. The van der Waals surface area contributed by atoms with Gasteiger partial charge in [-0.15, -0.1) is 0 Å². The van der Waals surface area contributed by atoms with Crippen LogP contribution in [0.2, 0.25) is 15.1 Å². The zero-order valence-corrected chi connectivity index (χ0v) is 14.4. The minimum atomic E-state index is -3.92. The molecule has 0 radical (unpaired) electrons. The fourth-order valence-corrected chi connectivity index (χ4v) is 5.10. The van der Waals surface area contributed by atoms with Gasteiger partial charge in [-0.05, 0) is 30.2 Å². The molecule has 2 rings (SSSR count). The van der Waals surface area contributed by atoms with Crippen LogP contribution in [0.15, 0.2) is 12.1 Å². The van der Waals surface area contributed by atoms with Crippen molar-refractivity contribution in [1.82, 2.24) is 4.31 Å². The summed E-state index contributed by atoms with van der Waals surface area (Å²) in [4.78, 5) is 11.0. The Morgan fingerprint density at radius 3 is 2.24 bits per heavy atom. The van der Waals surface area contributed by atoms with Gasteiger partial charge >= 0.3 is 10.2 Å². The lowest BCUT2D eigenvalue weighted by atomic mass is 10.3. The van der Waals surface area contributed by atoms with E-state index >= 15 is 0 Å². The highest BCUT2D eigenvalue weighted by Gasteiger charge is 2.36. The van der Waals surface area contributed by atoms with Crippen molar-refractivity contribution in [3.05, 3.63) is 27.2 Å². The second-order valence-electron chi connectivity index (χ2n) is 4.34. The topological polar surface area (TPSA) is 57.7 Å². The Balaban J connectivity index is 2.46. The number of halogens is 4. The molecule has 0 aromatic heterocycles. The number of anilines is 1. The van der Waals surface area contributed by atoms with Crippen molar-refractivity contribution >= 4 is 67.5 Å². The smallest absolute Gasteiger partial charge is 0.280 e. The molecule has 1 aromatic rings. The van der Waals surface area contributed by atoms with Crippen LogP contribution in [0.1, 0.15) is 6.42 Å². The average Bonchev–Trinajstić information content (AvgIpc) is 2.32. The maximum Gasteiger partial charge on any atom is 0.304 e. The SMILES string of the molecule is O=C(Cl)CN1CCCN(c2c(Cl)cc(Cl)cc2Cl)S1(=O)=O. The van der Waals surface area contributed by atoms with Crippen molar-refractivity contribution in [2.75, 3.05) is 23.9 Å². The van der Waals surface area contributed by atoms with Gasteiger partial charge in [0.15, 0.2) is 0 Å². The van der Waals surface area contributed by atoms with E-state index in [1.807, 2.05) is 0 Å². The van der Waals surface area contributed by atoms with Crippen LogP contribution in [0.25, 0.3) is 0 Å². The van der Waals surface area contributed by atoms with Crippen LogP contribution in [-0.4, -0.2) is 37.6 Å². The molecular weight excluding hydrogens is 382 g/mol. The number of rotatable bonds is 3. The van der Waals surface area contributed by atoms with E-state index in [9.17, 15) is 13.2 Å². The second-order valence-corrected chi connectivity index (χ2v) is 7.87. The molecule has 1 heterocycles. The van der Waals surface area contributed by atoms with Gasteiger partial charge in [-0.25, -0.2) is 0 Å². The van der Waals surface area contributed by atoms with Gasteiger partial charge in [0.1, 0.15) is 0 Å². The molecule has 116 valence electrons. The van der Waals surface area contributed by atoms with Gasteiger partial charge in [0, 0.05) is 18.1 Å². The lowest BCUT2D eigenvalue weighted by molar-refractivity contribution is -0.111. The molecule has 1 aliphatic rings. The summed E-state index contributed by atoms with van der Waals surface area (Å²) in [5, 5.41) is -0.213. The molecule has 0 atom stereocenters. The summed E-state index contributed by atoms with van der Waals surface area (Å²) < 4.78 is 27.1. The van der Waals surface area contributed by atoms with Gasteiger partial charge in [0.2, 0.25) is 5.24 Å². The predicted molar refractivity (Wildman–Crippen MR) is 84.8 cm³/mol. The van der Waals surface area contributed by atoms with Crippen LogP contribution in [-0.2, 0) is 15.0 Å². The molecule has 1 fully saturated rings. The molecule has 1 aromatic carbocycles. The standard InChI is InChI=1S/C11H10Cl4N2O3S/c12-7-4-8(13)11(9(14)5-7)17-3-1-2-16(6-10(15)18)21(17,19)20/h4-5H,1-3,6H2. The third kappa shape index (κ3) is 3.57. The summed E-state index contributed by atoms with van der Waals surface area (Å²) in [5.41, 5.74) is 0.148. The van der Waals surface area contributed by atoms with Gasteiger partial charge < -0.3 is 0 Å². The van der Waals surface area contributed by atoms with Crippen LogP contribution in [0.4, 0.5) is 5.69 Å². The molecule has 0 spiro atoms. The molecule has 21 heavy (non-hydrogen) atoms. The zero-order chi connectivity index (χ0) is 15.8. The molecule has 0 N–H and O–H groups in total. The molecule has 0 unspecified atom stereocenters. The van der Waals surface area contributed by atoms with Gasteiger partial charge in [-0.3, -0.25) is 9.10 Å². The highest BCUT2D eigenvalue weighted by molar-refractivity contribution is 7.90. The Labute approximate surface area is 142 Å². The first-order valence-electron chi connectivity index (χ1n) is 5.84. The van der Waals surface area contributed by atoms with Crippen molar-refractivity contribution < 1.29 is 13.2 Å². The summed E-state index contributed by atoms with van der Waals surface area (Å²) in [7, 11) is -3.92. The summed E-state index contributed by atoms with van der Waals surface area (Å²) in [5.74, 6) is 0. The van der Waals surface area contributed by atoms with E-state index in [1.165, 1.54) is 12.1 Å². The fourth-order valence-electron chi connectivity index (χ4n) is 2.06. The van der Waals surface area contributed by atoms with E-state index in [0.29, 0.717) is 11.4 Å². The van der Waals surface area contributed by atoms with Crippen LogP contribution in [0, 0.1) is 0 Å². The number of hydrogen-bond acceptors (Lipinski definition) is 3. The monoisotopic (exact) mass is 390 g/mol. The number of carbonyl (C=O) groups is 1. The summed E-state index contributed by atoms with van der Waals surface area (Å²) >= 11 is 23.2. The Morgan fingerprint density at radius 1 is 1.14 bits per heavy atom. The minimum absolute atomic E-state index is 0.120. The molecule has 0 saturated carbocycles. The van der Waals surface area contributed by atoms with Gasteiger partial charge in [0.25, 0.3) is 0 Å². The maximum absolute atomic E-state index is 12.5. The molecule has 1 aliphatic heterocycles. The van der Waals surface area contributed by atoms with Crippen molar-refractivity contribution in [3.63, 3.8) is 0 Å². The molecule has 0 amide bonds. The van der Waals surface area contributed by atoms with E-state index in [-0.39, 0.29) is 28.8 Å². The van der Waals surface area contributed by atoms with Gasteiger partial charge in [-0.2, -0.15) is 12.7 Å². The van der Waals surface area contributed by atoms with Crippen molar-refractivity contribution in [1.29, 1.82) is 0 Å². The van der Waals surface area contributed by atoms with E-state index in [1.54, 1.807) is 0 Å². The van der Waals surface area contributed by atoms with Gasteiger partial charge in [0.05, 0.1) is 22.3 Å². The zero-order valence-electron chi connectivity index (χ0n) is 10.5. The van der Waals surface area contributed by atoms with E-state index in [4.69, 9.17) is 46.4 Å². The molecule has 10 heteroatoms. The number of nitrogens with zero attached hydrogens (tertiary/aromatic N) is 2. The Kier molecular flexibility index (Phi) is 5.28. The minimum Gasteiger partial charge on any atom is -0.280 e. The van der Waals surface area contributed by atoms with Crippen molar-refractivity contribution in [2.24, 2.45) is 0 Å². The normalized spacial score (nSPS) is 18.8. The number of hydrogen-bond donors (Lipinski definition) is 0. The lowest BCUT2D eigenvalue weighted by Crippen LogP contribution is -2.51. The first-order chi connectivity index (χ1) is 9.73. The third-order valence-electron chi connectivity index (χ3n) is 2.91. The van der Waals surface area contributed by atoms with Crippen LogP contribution < -0.4 is 4.31 Å². The van der Waals surface area contributed by atoms with Crippen molar-refractivity contribution in [3.8, 4) is 0 Å². The van der Waals surface area contributed by atoms with Crippen LogP contribution in [0.5, 0.6) is 0 Å². The molecule has 0 bridgehead atoms. The highest BCUT2D eigenvalue weighted by atomic mass is 35.5. The highest BCUT2D eigenvalue weighted by Crippen LogP contribution is 2.39. The van der Waals surface area contributed by atoms with Crippen molar-refractivity contribution in [2.45, 2.75) is 6.42 Å². The lowest BCUT2D eigenvalue weighted by Gasteiger charge is -2.36. The summed E-state index contributed by atoms with van der Waals surface area (Å²) in [6.07, 6.45) is 0.513. The quantitative estimate of drug-likeness (QED) is 0.743. The first kappa shape index (κ1) is 17.1. The first-order valence-corrected chi connectivity index (χ1v) is 8.75. The van der Waals surface area contributed by atoms with Gasteiger partial charge in [-0.1, -0.05) is 34.8 Å². The molecule has 0 aliphatic carbocycles. The van der Waals surface area contributed by atoms with E-state index in [2.05, 4.69) is 0 Å². The fraction of sp³-hybridized carbons (Fsp3) is 0.364. The van der Waals surface area contributed by atoms with E-state index < -0.39 is 22.0 Å². The second kappa shape index (κ2) is 6.48. The Hall–Kier alpha value is -0.240. The number of carbonyl (C=O) groups excluding carboxylic acids is 1. The van der Waals surface area contributed by atoms with Crippen LogP contribution in [0.3, 0.4) is 0 Å². The predicted octanol–water partition coefficient (Wildman–Crippen LogP) is 3.17. The third-order valence-corrected chi connectivity index (χ3v) is 5.71. The largest absolute Gasteiger partial charge is 0.304 e. The molecule has 1 saturated heterocycles. The molecule has 5 nitrogen and oxygen atoms in total. The van der Waals surface area contributed by atoms with Crippen LogP contribution >= 0.6 is 46.4 Å². The average molecular weight is 392 g/mol. The number of benzene rings is 1. The summed E-state index contributed by atoms with van der Waals surface area (Å²) in [6.45, 7) is 0.0136.